The molecule has 0 heterocycles. The summed E-state index contributed by atoms with van der Waals surface area (Å²) in [7, 11) is 1.66. The van der Waals surface area contributed by atoms with Crippen LogP contribution < -0.4 is 14.8 Å². The minimum Gasteiger partial charge on any atom is -0.497 e. The van der Waals surface area contributed by atoms with Gasteiger partial charge in [0.1, 0.15) is 24.2 Å². The number of aliphatic hydroxyl groups is 2. The van der Waals surface area contributed by atoms with Crippen molar-refractivity contribution in [3.05, 3.63) is 59.7 Å². The monoisotopic (exact) mass is 373 g/mol. The maximum Gasteiger partial charge on any atom is 0.119 e. The van der Waals surface area contributed by atoms with Crippen LogP contribution in [0.15, 0.2) is 48.5 Å². The van der Waals surface area contributed by atoms with Crippen molar-refractivity contribution >= 4 is 0 Å². The number of ether oxygens (including phenoxy) is 2. The van der Waals surface area contributed by atoms with Gasteiger partial charge in [-0.25, -0.2) is 0 Å². The second-order valence-electron chi connectivity index (χ2n) is 7.37. The summed E-state index contributed by atoms with van der Waals surface area (Å²) >= 11 is 0. The maximum atomic E-state index is 10.2. The van der Waals surface area contributed by atoms with Crippen LogP contribution in [0.25, 0.3) is 0 Å². The number of benzene rings is 2. The first-order valence-electron chi connectivity index (χ1n) is 9.30. The molecule has 0 bridgehead atoms. The Balaban J connectivity index is 1.74. The number of hydrogen-bond donors (Lipinski definition) is 3. The summed E-state index contributed by atoms with van der Waals surface area (Å²) in [6, 6.07) is 15.6. The highest BCUT2D eigenvalue weighted by Crippen LogP contribution is 2.17. The summed E-state index contributed by atoms with van der Waals surface area (Å²) in [6.45, 7) is 5.04. The molecule has 3 N–H and O–H groups in total. The fraction of sp³-hybridized carbons (Fsp3) is 0.455. The fourth-order valence-electron chi connectivity index (χ4n) is 2.84. The number of β-amino-alcohol motifs (C(OH)–C–C–N with tert-alkyl or cyclic N) is 1. The molecule has 2 rings (SSSR count). The van der Waals surface area contributed by atoms with Gasteiger partial charge in [0.25, 0.3) is 0 Å². The molecule has 0 aliphatic carbocycles. The molecule has 0 saturated heterocycles. The van der Waals surface area contributed by atoms with Crippen molar-refractivity contribution in [2.45, 2.75) is 38.3 Å². The van der Waals surface area contributed by atoms with Crippen LogP contribution in [-0.4, -0.2) is 48.7 Å². The average molecular weight is 373 g/mol. The van der Waals surface area contributed by atoms with Crippen molar-refractivity contribution in [3.8, 4) is 11.5 Å². The van der Waals surface area contributed by atoms with Gasteiger partial charge in [0.15, 0.2) is 0 Å². The van der Waals surface area contributed by atoms with E-state index in [1.165, 1.54) is 5.56 Å². The average Bonchev–Trinajstić information content (AvgIpc) is 2.66. The molecule has 0 saturated carbocycles. The first-order valence-corrected chi connectivity index (χ1v) is 9.30. The lowest BCUT2D eigenvalue weighted by atomic mass is 9.94. The number of aliphatic hydroxyl groups excluding tert-OH is 2. The molecule has 0 aliphatic heterocycles. The summed E-state index contributed by atoms with van der Waals surface area (Å²) in [4.78, 5) is 0. The fourth-order valence-corrected chi connectivity index (χ4v) is 2.84. The minimum absolute atomic E-state index is 0.136. The van der Waals surface area contributed by atoms with Gasteiger partial charge in [0, 0.05) is 18.7 Å². The van der Waals surface area contributed by atoms with Crippen LogP contribution in [0.3, 0.4) is 0 Å². The van der Waals surface area contributed by atoms with Crippen molar-refractivity contribution in [2.24, 2.45) is 0 Å². The van der Waals surface area contributed by atoms with Crippen molar-refractivity contribution in [3.63, 3.8) is 0 Å². The molecule has 27 heavy (non-hydrogen) atoms. The molecule has 0 aliphatic rings. The lowest BCUT2D eigenvalue weighted by Crippen LogP contribution is -2.46. The van der Waals surface area contributed by atoms with E-state index < -0.39 is 6.10 Å². The zero-order chi connectivity index (χ0) is 19.7. The Morgan fingerprint density at radius 3 is 2.15 bits per heavy atom. The van der Waals surface area contributed by atoms with E-state index in [1.54, 1.807) is 7.11 Å². The van der Waals surface area contributed by atoms with Gasteiger partial charge in [-0.3, -0.25) is 0 Å². The van der Waals surface area contributed by atoms with Crippen molar-refractivity contribution in [2.75, 3.05) is 26.9 Å². The second-order valence-corrected chi connectivity index (χ2v) is 7.37. The van der Waals surface area contributed by atoms with Crippen LogP contribution in [0, 0.1) is 0 Å². The largest absolute Gasteiger partial charge is 0.497 e. The van der Waals surface area contributed by atoms with Gasteiger partial charge in [-0.1, -0.05) is 24.3 Å². The Bertz CT molecular complexity index is 668. The quantitative estimate of drug-likeness (QED) is 0.565. The molecular formula is C22H31NO4. The topological polar surface area (TPSA) is 71.0 Å². The van der Waals surface area contributed by atoms with Gasteiger partial charge in [-0.2, -0.15) is 0 Å². The minimum atomic E-state index is -0.600. The Morgan fingerprint density at radius 2 is 1.56 bits per heavy atom. The van der Waals surface area contributed by atoms with Crippen LogP contribution in [0.4, 0.5) is 0 Å². The van der Waals surface area contributed by atoms with Gasteiger partial charge < -0.3 is 25.0 Å². The summed E-state index contributed by atoms with van der Waals surface area (Å²) in [5.41, 5.74) is 2.12. The third-order valence-corrected chi connectivity index (χ3v) is 4.39. The summed E-state index contributed by atoms with van der Waals surface area (Å²) in [5, 5.41) is 22.5. The number of rotatable bonds is 11. The normalized spacial score (nSPS) is 12.6. The highest BCUT2D eigenvalue weighted by atomic mass is 16.5. The SMILES string of the molecule is COc1ccc(CC(C)(C)NCC(O)COc2ccc(CCO)cc2)cc1. The lowest BCUT2D eigenvalue weighted by Gasteiger charge is -2.28. The molecular weight excluding hydrogens is 342 g/mol. The zero-order valence-electron chi connectivity index (χ0n) is 16.4. The van der Waals surface area contributed by atoms with E-state index in [9.17, 15) is 5.11 Å². The van der Waals surface area contributed by atoms with Crippen molar-refractivity contribution in [1.29, 1.82) is 0 Å². The van der Waals surface area contributed by atoms with Gasteiger partial charge in [-0.15, -0.1) is 0 Å². The molecule has 1 atom stereocenters. The van der Waals surface area contributed by atoms with Crippen molar-refractivity contribution in [1.82, 2.24) is 5.32 Å². The highest BCUT2D eigenvalue weighted by molar-refractivity contribution is 5.28. The summed E-state index contributed by atoms with van der Waals surface area (Å²) < 4.78 is 10.8. The number of hydrogen-bond acceptors (Lipinski definition) is 5. The summed E-state index contributed by atoms with van der Waals surface area (Å²) in [6.07, 6.45) is 0.879. The van der Waals surface area contributed by atoms with Gasteiger partial charge >= 0.3 is 0 Å². The summed E-state index contributed by atoms with van der Waals surface area (Å²) in [5.74, 6) is 1.56. The Hall–Kier alpha value is -2.08. The van der Waals surface area contributed by atoms with Crippen LogP contribution in [0.1, 0.15) is 25.0 Å². The van der Waals surface area contributed by atoms with Gasteiger partial charge in [0.2, 0.25) is 0 Å². The first-order chi connectivity index (χ1) is 12.9. The lowest BCUT2D eigenvalue weighted by molar-refractivity contribution is 0.0988. The molecule has 0 radical (unpaired) electrons. The number of nitrogens with one attached hydrogen (secondary N) is 1. The second kappa shape index (κ2) is 10.3. The third-order valence-electron chi connectivity index (χ3n) is 4.39. The van der Waals surface area contributed by atoms with E-state index in [4.69, 9.17) is 14.6 Å². The zero-order valence-corrected chi connectivity index (χ0v) is 16.4. The first kappa shape index (κ1) is 21.2. The van der Waals surface area contributed by atoms with E-state index in [-0.39, 0.29) is 18.8 Å². The van der Waals surface area contributed by atoms with E-state index in [0.29, 0.717) is 18.7 Å². The highest BCUT2D eigenvalue weighted by Gasteiger charge is 2.19. The molecule has 0 amide bonds. The molecule has 0 spiro atoms. The molecule has 0 aromatic heterocycles. The maximum absolute atomic E-state index is 10.2. The predicted octanol–water partition coefficient (Wildman–Crippen LogP) is 2.58. The van der Waals surface area contributed by atoms with Crippen LogP contribution >= 0.6 is 0 Å². The van der Waals surface area contributed by atoms with Crippen LogP contribution in [0.5, 0.6) is 11.5 Å². The molecule has 2 aromatic rings. The van der Waals surface area contributed by atoms with Gasteiger partial charge in [0.05, 0.1) is 7.11 Å². The van der Waals surface area contributed by atoms with Crippen LogP contribution in [-0.2, 0) is 12.8 Å². The molecule has 2 aromatic carbocycles. The molecule has 5 nitrogen and oxygen atoms in total. The van der Waals surface area contributed by atoms with E-state index >= 15 is 0 Å². The molecule has 5 heteroatoms. The standard InChI is InChI=1S/C22H31NO4/c1-22(2,14-18-6-8-20(26-3)9-7-18)23-15-19(25)16-27-21-10-4-17(5-11-21)12-13-24/h4-11,19,23-25H,12-16H2,1-3H3. The van der Waals surface area contributed by atoms with E-state index in [0.717, 1.165) is 17.7 Å². The third kappa shape index (κ3) is 7.59. The molecule has 148 valence electrons. The van der Waals surface area contributed by atoms with Gasteiger partial charge in [-0.05, 0) is 62.1 Å². The Kier molecular flexibility index (Phi) is 8.10. The Labute approximate surface area is 162 Å². The molecule has 1 unspecified atom stereocenters. The van der Waals surface area contributed by atoms with Crippen molar-refractivity contribution < 1.29 is 19.7 Å². The smallest absolute Gasteiger partial charge is 0.119 e. The Morgan fingerprint density at radius 1 is 0.963 bits per heavy atom. The van der Waals surface area contributed by atoms with E-state index in [2.05, 4.69) is 31.3 Å². The van der Waals surface area contributed by atoms with E-state index in [1.807, 2.05) is 36.4 Å². The van der Waals surface area contributed by atoms with Crippen LogP contribution in [0.2, 0.25) is 0 Å². The number of methoxy groups -OCH3 is 1. The molecule has 0 fully saturated rings. The predicted molar refractivity (Wildman–Crippen MR) is 108 cm³/mol.